The smallest absolute Gasteiger partial charge is 0.193 e. The maximum absolute atomic E-state index is 4.50. The molecular weight excluding hydrogens is 451 g/mol. The van der Waals surface area contributed by atoms with Crippen LogP contribution in [0, 0.1) is 11.8 Å². The molecule has 27 heavy (non-hydrogen) atoms. The SMILES string of the molecule is CCC(CC)C1CCN(C(=NC)NCc2ccnc(-n3ccnc3)c2)C1.I. The van der Waals surface area contributed by atoms with Crippen molar-refractivity contribution in [2.24, 2.45) is 16.8 Å². The Morgan fingerprint density at radius 3 is 2.81 bits per heavy atom. The van der Waals surface area contributed by atoms with Crippen LogP contribution in [0.3, 0.4) is 0 Å². The zero-order chi connectivity index (χ0) is 18.4. The third-order valence-corrected chi connectivity index (χ3v) is 5.48. The summed E-state index contributed by atoms with van der Waals surface area (Å²) in [6, 6.07) is 4.12. The molecule has 0 aromatic carbocycles. The largest absolute Gasteiger partial charge is 0.352 e. The molecule has 1 N–H and O–H groups in total. The number of aromatic nitrogens is 3. The number of pyridine rings is 1. The number of rotatable bonds is 6. The van der Waals surface area contributed by atoms with Crippen molar-refractivity contribution in [2.45, 2.75) is 39.7 Å². The van der Waals surface area contributed by atoms with Crippen LogP contribution < -0.4 is 5.32 Å². The Bertz CT molecular complexity index is 711. The van der Waals surface area contributed by atoms with Gasteiger partial charge in [-0.2, -0.15) is 0 Å². The molecule has 1 fully saturated rings. The van der Waals surface area contributed by atoms with Gasteiger partial charge in [-0.15, -0.1) is 24.0 Å². The molecule has 1 atom stereocenters. The van der Waals surface area contributed by atoms with Crippen LogP contribution >= 0.6 is 24.0 Å². The van der Waals surface area contributed by atoms with Crippen molar-refractivity contribution in [3.8, 4) is 5.82 Å². The van der Waals surface area contributed by atoms with Gasteiger partial charge in [0.25, 0.3) is 0 Å². The summed E-state index contributed by atoms with van der Waals surface area (Å²) in [6.07, 6.45) is 11.1. The van der Waals surface area contributed by atoms with E-state index in [1.807, 2.05) is 30.1 Å². The molecule has 0 aliphatic carbocycles. The molecule has 1 unspecified atom stereocenters. The molecule has 2 aromatic heterocycles. The normalized spacial score (nSPS) is 17.3. The molecule has 1 aliphatic heterocycles. The highest BCUT2D eigenvalue weighted by molar-refractivity contribution is 14.0. The second kappa shape index (κ2) is 10.6. The lowest BCUT2D eigenvalue weighted by Gasteiger charge is -2.24. The van der Waals surface area contributed by atoms with Gasteiger partial charge in [-0.1, -0.05) is 26.7 Å². The maximum atomic E-state index is 4.50. The van der Waals surface area contributed by atoms with Crippen LogP contribution in [0.25, 0.3) is 5.82 Å². The summed E-state index contributed by atoms with van der Waals surface area (Å²) >= 11 is 0. The summed E-state index contributed by atoms with van der Waals surface area (Å²) < 4.78 is 1.92. The molecule has 0 bridgehead atoms. The van der Waals surface area contributed by atoms with Crippen LogP contribution in [0.15, 0.2) is 42.0 Å². The van der Waals surface area contributed by atoms with Gasteiger partial charge in [0.15, 0.2) is 5.96 Å². The molecule has 0 radical (unpaired) electrons. The lowest BCUT2D eigenvalue weighted by atomic mass is 9.87. The number of hydrogen-bond acceptors (Lipinski definition) is 3. The second-order valence-electron chi connectivity index (χ2n) is 6.96. The van der Waals surface area contributed by atoms with E-state index in [4.69, 9.17) is 0 Å². The van der Waals surface area contributed by atoms with Gasteiger partial charge < -0.3 is 10.2 Å². The summed E-state index contributed by atoms with van der Waals surface area (Å²) in [5, 5.41) is 3.52. The summed E-state index contributed by atoms with van der Waals surface area (Å²) in [4.78, 5) is 15.4. The Hall–Kier alpha value is -1.64. The molecule has 0 amide bonds. The first kappa shape index (κ1) is 21.7. The van der Waals surface area contributed by atoms with Crippen molar-refractivity contribution in [3.05, 3.63) is 42.6 Å². The number of halogens is 1. The minimum absolute atomic E-state index is 0. The first-order valence-electron chi connectivity index (χ1n) is 9.64. The fourth-order valence-corrected chi connectivity index (χ4v) is 3.94. The molecular formula is C20H31IN6. The van der Waals surface area contributed by atoms with Crippen molar-refractivity contribution in [1.82, 2.24) is 24.8 Å². The number of nitrogens with one attached hydrogen (secondary N) is 1. The van der Waals surface area contributed by atoms with Gasteiger partial charge in [0.2, 0.25) is 0 Å². The fourth-order valence-electron chi connectivity index (χ4n) is 3.94. The molecule has 148 valence electrons. The highest BCUT2D eigenvalue weighted by Crippen LogP contribution is 2.28. The molecule has 3 heterocycles. The van der Waals surface area contributed by atoms with E-state index in [9.17, 15) is 0 Å². The summed E-state index contributed by atoms with van der Waals surface area (Å²) in [6.45, 7) is 7.57. The van der Waals surface area contributed by atoms with Crippen LogP contribution in [0.2, 0.25) is 0 Å². The quantitative estimate of drug-likeness (QED) is 0.388. The monoisotopic (exact) mass is 482 g/mol. The number of likely N-dealkylation sites (tertiary alicyclic amines) is 1. The lowest BCUT2D eigenvalue weighted by molar-refractivity contribution is 0.319. The minimum atomic E-state index is 0. The topological polar surface area (TPSA) is 58.3 Å². The second-order valence-corrected chi connectivity index (χ2v) is 6.96. The number of hydrogen-bond donors (Lipinski definition) is 1. The standard InChI is InChI=1S/C20H30N6.HI/c1-4-17(5-2)18-7-10-25(14-18)20(21-3)24-13-16-6-8-23-19(12-16)26-11-9-22-15-26;/h6,8-9,11-12,15,17-18H,4-5,7,10,13-14H2,1-3H3,(H,21,24);1H. The number of nitrogens with zero attached hydrogens (tertiary/aromatic N) is 5. The predicted molar refractivity (Wildman–Crippen MR) is 121 cm³/mol. The third-order valence-electron chi connectivity index (χ3n) is 5.48. The first-order valence-corrected chi connectivity index (χ1v) is 9.64. The Labute approximate surface area is 179 Å². The highest BCUT2D eigenvalue weighted by Gasteiger charge is 2.29. The molecule has 0 saturated carbocycles. The van der Waals surface area contributed by atoms with Gasteiger partial charge in [-0.05, 0) is 36.0 Å². The van der Waals surface area contributed by atoms with Crippen LogP contribution in [0.5, 0.6) is 0 Å². The molecule has 1 aliphatic rings. The van der Waals surface area contributed by atoms with Gasteiger partial charge in [0.1, 0.15) is 12.1 Å². The first-order chi connectivity index (χ1) is 12.7. The molecule has 7 heteroatoms. The average Bonchev–Trinajstić information content (AvgIpc) is 3.36. The highest BCUT2D eigenvalue weighted by atomic mass is 127. The van der Waals surface area contributed by atoms with Gasteiger partial charge >= 0.3 is 0 Å². The maximum Gasteiger partial charge on any atom is 0.193 e. The van der Waals surface area contributed by atoms with Gasteiger partial charge in [0.05, 0.1) is 0 Å². The van der Waals surface area contributed by atoms with Crippen molar-refractivity contribution in [2.75, 3.05) is 20.1 Å². The zero-order valence-electron chi connectivity index (χ0n) is 16.5. The van der Waals surface area contributed by atoms with Gasteiger partial charge in [0, 0.05) is 45.3 Å². The number of aliphatic imine (C=N–C) groups is 1. The number of imidazole rings is 1. The minimum Gasteiger partial charge on any atom is -0.352 e. The molecule has 0 spiro atoms. The van der Waals surface area contributed by atoms with Crippen molar-refractivity contribution in [3.63, 3.8) is 0 Å². The zero-order valence-corrected chi connectivity index (χ0v) is 18.8. The van der Waals surface area contributed by atoms with Crippen LogP contribution in [-0.2, 0) is 6.54 Å². The average molecular weight is 482 g/mol. The van der Waals surface area contributed by atoms with Crippen LogP contribution in [0.4, 0.5) is 0 Å². The Morgan fingerprint density at radius 2 is 2.15 bits per heavy atom. The van der Waals surface area contributed by atoms with E-state index in [0.717, 1.165) is 43.2 Å². The van der Waals surface area contributed by atoms with E-state index in [1.165, 1.54) is 24.8 Å². The van der Waals surface area contributed by atoms with E-state index in [1.54, 1.807) is 12.5 Å². The van der Waals surface area contributed by atoms with Crippen LogP contribution in [0.1, 0.15) is 38.7 Å². The Morgan fingerprint density at radius 1 is 1.33 bits per heavy atom. The van der Waals surface area contributed by atoms with E-state index in [2.05, 4.69) is 45.1 Å². The van der Waals surface area contributed by atoms with Gasteiger partial charge in [-0.3, -0.25) is 9.56 Å². The van der Waals surface area contributed by atoms with E-state index < -0.39 is 0 Å². The third kappa shape index (κ3) is 5.43. The fraction of sp³-hybridized carbons (Fsp3) is 0.550. The number of guanidine groups is 1. The van der Waals surface area contributed by atoms with Crippen molar-refractivity contribution in [1.29, 1.82) is 0 Å². The van der Waals surface area contributed by atoms with Crippen LogP contribution in [-0.4, -0.2) is 45.5 Å². The van der Waals surface area contributed by atoms with E-state index >= 15 is 0 Å². The molecule has 1 saturated heterocycles. The van der Waals surface area contributed by atoms with E-state index in [0.29, 0.717) is 0 Å². The molecule has 6 nitrogen and oxygen atoms in total. The van der Waals surface area contributed by atoms with Crippen molar-refractivity contribution >= 4 is 29.9 Å². The van der Waals surface area contributed by atoms with Crippen molar-refractivity contribution < 1.29 is 0 Å². The summed E-state index contributed by atoms with van der Waals surface area (Å²) in [5.41, 5.74) is 1.18. The van der Waals surface area contributed by atoms with Gasteiger partial charge in [-0.25, -0.2) is 9.97 Å². The lowest BCUT2D eigenvalue weighted by Crippen LogP contribution is -2.40. The summed E-state index contributed by atoms with van der Waals surface area (Å²) in [5.74, 6) is 3.50. The van der Waals surface area contributed by atoms with E-state index in [-0.39, 0.29) is 24.0 Å². The Balaban J connectivity index is 0.00000261. The molecule has 3 rings (SSSR count). The Kier molecular flexibility index (Phi) is 8.53. The summed E-state index contributed by atoms with van der Waals surface area (Å²) in [7, 11) is 1.87. The predicted octanol–water partition coefficient (Wildman–Crippen LogP) is 3.72. The molecule has 2 aromatic rings.